The molecule has 0 atom stereocenters. The van der Waals surface area contributed by atoms with E-state index in [1.165, 1.54) is 0 Å². The average Bonchev–Trinajstić information content (AvgIpc) is 2.22. The van der Waals surface area contributed by atoms with Crippen molar-refractivity contribution in [3.63, 3.8) is 0 Å². The Bertz CT molecular complexity index is 295. The van der Waals surface area contributed by atoms with Gasteiger partial charge in [-0.05, 0) is 6.92 Å². The van der Waals surface area contributed by atoms with Crippen LogP contribution in [0.25, 0.3) is 5.53 Å². The Morgan fingerprint density at radius 2 is 2.33 bits per heavy atom. The summed E-state index contributed by atoms with van der Waals surface area (Å²) < 4.78 is 4.70. The highest BCUT2D eigenvalue weighted by Crippen LogP contribution is 1.67. The smallest absolute Gasteiger partial charge is 0.344 e. The fourth-order valence-corrected chi connectivity index (χ4v) is 0.515. The number of rotatable bonds is 6. The molecule has 15 heavy (non-hydrogen) atoms. The predicted molar refractivity (Wildman–Crippen MR) is 51.0 cm³/mol. The van der Waals surface area contributed by atoms with Crippen LogP contribution in [-0.4, -0.2) is 42.4 Å². The van der Waals surface area contributed by atoms with Crippen molar-refractivity contribution in [1.82, 2.24) is 10.7 Å². The van der Waals surface area contributed by atoms with Crippen LogP contribution in [0.1, 0.15) is 6.92 Å². The van der Waals surface area contributed by atoms with Crippen LogP contribution in [0.15, 0.2) is 5.10 Å². The second kappa shape index (κ2) is 8.39. The van der Waals surface area contributed by atoms with E-state index in [-0.39, 0.29) is 6.54 Å². The van der Waals surface area contributed by atoms with Crippen LogP contribution in [0, 0.1) is 0 Å². The molecule has 0 unspecified atom stereocenters. The molecule has 0 aromatic carbocycles. The Balaban J connectivity index is 3.66. The van der Waals surface area contributed by atoms with E-state index in [2.05, 4.69) is 20.6 Å². The third kappa shape index (κ3) is 8.13. The van der Waals surface area contributed by atoms with Gasteiger partial charge >= 0.3 is 12.1 Å². The first-order valence-corrected chi connectivity index (χ1v) is 4.08. The molecule has 0 aliphatic rings. The normalized spacial score (nSPS) is 9.13. The number of carbonyl (C=O) groups excluding carboxylic acids is 2. The minimum atomic E-state index is -0.679. The first-order chi connectivity index (χ1) is 7.20. The minimum absolute atomic E-state index is 0.270. The first-order valence-electron chi connectivity index (χ1n) is 4.08. The van der Waals surface area contributed by atoms with E-state index in [9.17, 15) is 9.59 Å². The van der Waals surface area contributed by atoms with Crippen LogP contribution < -0.4 is 10.7 Å². The van der Waals surface area contributed by atoms with Crippen LogP contribution in [0.3, 0.4) is 0 Å². The van der Waals surface area contributed by atoms with Gasteiger partial charge in [0.15, 0.2) is 6.40 Å². The fraction of sp³-hybridized carbons (Fsp3) is 0.429. The molecule has 2 amide bonds. The topological polar surface area (TPSA) is 116 Å². The maximum Gasteiger partial charge on any atom is 0.344 e. The Kier molecular flexibility index (Phi) is 7.15. The fourth-order valence-electron chi connectivity index (χ4n) is 0.515. The van der Waals surface area contributed by atoms with E-state index in [1.54, 1.807) is 6.92 Å². The third-order valence-corrected chi connectivity index (χ3v) is 1.08. The molecule has 0 aliphatic carbocycles. The summed E-state index contributed by atoms with van der Waals surface area (Å²) in [6.45, 7) is 1.94. The van der Waals surface area contributed by atoms with Gasteiger partial charge < -0.3 is 15.6 Å². The van der Waals surface area contributed by atoms with E-state index < -0.39 is 11.8 Å². The molecule has 0 saturated carbocycles. The van der Waals surface area contributed by atoms with Gasteiger partial charge in [0.1, 0.15) is 0 Å². The van der Waals surface area contributed by atoms with Crippen molar-refractivity contribution in [2.45, 2.75) is 6.92 Å². The van der Waals surface area contributed by atoms with E-state index in [0.29, 0.717) is 12.8 Å². The SMILES string of the molecule is CCOC=NNC(=O)CNC(=O)C=[N+]=[N-]. The number of hydrogen-bond acceptors (Lipinski definition) is 4. The highest BCUT2D eigenvalue weighted by atomic mass is 16.5. The van der Waals surface area contributed by atoms with Crippen molar-refractivity contribution in [3.05, 3.63) is 5.53 Å². The number of hydrogen-bond donors (Lipinski definition) is 2. The summed E-state index contributed by atoms with van der Waals surface area (Å²) >= 11 is 0. The third-order valence-electron chi connectivity index (χ3n) is 1.08. The first kappa shape index (κ1) is 12.8. The zero-order valence-corrected chi connectivity index (χ0v) is 8.14. The summed E-state index contributed by atoms with van der Waals surface area (Å²) in [5.41, 5.74) is 10.1. The Hall–Kier alpha value is -2.21. The van der Waals surface area contributed by atoms with Crippen molar-refractivity contribution in [1.29, 1.82) is 0 Å². The summed E-state index contributed by atoms with van der Waals surface area (Å²) in [6, 6.07) is 0. The van der Waals surface area contributed by atoms with E-state index in [4.69, 9.17) is 10.3 Å². The number of hydrazone groups is 1. The summed E-state index contributed by atoms with van der Waals surface area (Å²) in [7, 11) is 0. The Labute approximate surface area is 85.9 Å². The van der Waals surface area contributed by atoms with Crippen molar-refractivity contribution in [2.24, 2.45) is 5.10 Å². The molecule has 82 valence electrons. The van der Waals surface area contributed by atoms with Crippen molar-refractivity contribution in [2.75, 3.05) is 13.2 Å². The summed E-state index contributed by atoms with van der Waals surface area (Å²) in [6.07, 6.45) is 1.71. The van der Waals surface area contributed by atoms with Crippen molar-refractivity contribution >= 4 is 24.4 Å². The number of nitrogens with zero attached hydrogens (tertiary/aromatic N) is 3. The lowest BCUT2D eigenvalue weighted by Gasteiger charge is -1.98. The lowest BCUT2D eigenvalue weighted by molar-refractivity contribution is -0.124. The molecule has 0 radical (unpaired) electrons. The van der Waals surface area contributed by atoms with Gasteiger partial charge in [-0.2, -0.15) is 4.79 Å². The number of amides is 2. The van der Waals surface area contributed by atoms with Gasteiger partial charge in [-0.1, -0.05) is 0 Å². The lowest BCUT2D eigenvalue weighted by atomic mass is 10.5. The zero-order chi connectivity index (χ0) is 11.5. The van der Waals surface area contributed by atoms with Crippen LogP contribution in [-0.2, 0) is 14.3 Å². The van der Waals surface area contributed by atoms with Crippen molar-refractivity contribution in [3.8, 4) is 0 Å². The predicted octanol–water partition coefficient (Wildman–Crippen LogP) is -1.50. The average molecular weight is 213 g/mol. The highest BCUT2D eigenvalue weighted by molar-refractivity contribution is 6.24. The van der Waals surface area contributed by atoms with Gasteiger partial charge in [-0.25, -0.2) is 5.43 Å². The van der Waals surface area contributed by atoms with Gasteiger partial charge in [0.05, 0.1) is 13.2 Å². The molecule has 0 saturated heterocycles. The van der Waals surface area contributed by atoms with E-state index in [1.807, 2.05) is 0 Å². The van der Waals surface area contributed by atoms with Gasteiger partial charge in [0.2, 0.25) is 0 Å². The van der Waals surface area contributed by atoms with Crippen LogP contribution in [0.4, 0.5) is 0 Å². The van der Waals surface area contributed by atoms with Crippen LogP contribution in [0.5, 0.6) is 0 Å². The van der Waals surface area contributed by atoms with Crippen LogP contribution in [0.2, 0.25) is 0 Å². The summed E-state index contributed by atoms with van der Waals surface area (Å²) in [5.74, 6) is -1.20. The molecule has 0 aliphatic heterocycles. The molecule has 0 aromatic rings. The van der Waals surface area contributed by atoms with Gasteiger partial charge in [0.25, 0.3) is 5.91 Å². The highest BCUT2D eigenvalue weighted by Gasteiger charge is 2.04. The summed E-state index contributed by atoms with van der Waals surface area (Å²) in [4.78, 5) is 24.1. The Morgan fingerprint density at radius 1 is 1.60 bits per heavy atom. The zero-order valence-electron chi connectivity index (χ0n) is 8.14. The molecule has 2 N–H and O–H groups in total. The number of nitrogens with one attached hydrogen (secondary N) is 2. The molecule has 0 heterocycles. The number of ether oxygens (including phenoxy) is 1. The largest absolute Gasteiger partial charge is 0.482 e. The molecule has 0 rings (SSSR count). The molecule has 8 nitrogen and oxygen atoms in total. The quantitative estimate of drug-likeness (QED) is 0.184. The molecule has 0 bridgehead atoms. The van der Waals surface area contributed by atoms with Gasteiger partial charge in [0, 0.05) is 0 Å². The molecule has 0 fully saturated rings. The standard InChI is InChI=1S/C7H11N5O3/c1-2-15-5-11-12-7(14)3-9-6(13)4-10-8/h4-5H,2-3H2,1H3,(H,9,13)(H,12,14). The maximum absolute atomic E-state index is 10.9. The van der Waals surface area contributed by atoms with Gasteiger partial charge in [-0.3, -0.25) is 9.59 Å². The number of carbonyl (C=O) groups is 2. The molecule has 0 aromatic heterocycles. The minimum Gasteiger partial charge on any atom is -0.482 e. The second-order valence-electron chi connectivity index (χ2n) is 2.19. The van der Waals surface area contributed by atoms with Gasteiger partial charge in [-0.15, -0.1) is 5.10 Å². The summed E-state index contributed by atoms with van der Waals surface area (Å²) in [5, 5.41) is 5.55. The van der Waals surface area contributed by atoms with Crippen molar-refractivity contribution < 1.29 is 19.1 Å². The molecule has 8 heteroatoms. The van der Waals surface area contributed by atoms with E-state index >= 15 is 0 Å². The maximum atomic E-state index is 10.9. The van der Waals surface area contributed by atoms with Crippen LogP contribution >= 0.6 is 0 Å². The second-order valence-corrected chi connectivity index (χ2v) is 2.19. The Morgan fingerprint density at radius 3 is 2.93 bits per heavy atom. The molecular weight excluding hydrogens is 202 g/mol. The lowest BCUT2D eigenvalue weighted by Crippen LogP contribution is -2.35. The molecule has 0 spiro atoms. The molecular formula is C7H11N5O3. The monoisotopic (exact) mass is 213 g/mol. The van der Waals surface area contributed by atoms with E-state index in [0.717, 1.165) is 6.40 Å².